The van der Waals surface area contributed by atoms with Crippen molar-refractivity contribution in [2.75, 3.05) is 32.6 Å². The number of methoxy groups -OCH3 is 1. The van der Waals surface area contributed by atoms with E-state index in [1.165, 1.54) is 0 Å². The van der Waals surface area contributed by atoms with E-state index in [-0.39, 0.29) is 5.91 Å². The second kappa shape index (κ2) is 6.76. The summed E-state index contributed by atoms with van der Waals surface area (Å²) in [5.41, 5.74) is 2.05. The van der Waals surface area contributed by atoms with E-state index < -0.39 is 0 Å². The minimum Gasteiger partial charge on any atom is -0.497 e. The molecule has 3 aromatic rings. The predicted octanol–water partition coefficient (Wildman–Crippen LogP) is 2.41. The van der Waals surface area contributed by atoms with Crippen LogP contribution in [0.5, 0.6) is 5.75 Å². The number of hydrogen-bond donors (Lipinski definition) is 1. The summed E-state index contributed by atoms with van der Waals surface area (Å²) in [4.78, 5) is 14.9. The standard InChI is InChI=1S/C19H21N5O2/c1-23-10-9-13(11-23)18-22-21-17-8-3-14(12-24(17)18)19(25)20-15-4-6-16(26-2)7-5-15/h3-8,12-13H,9-11H2,1-2H3,(H,20,25)/t13-/m1/s1. The third kappa shape index (κ3) is 3.13. The normalized spacial score (nSPS) is 17.5. The molecule has 1 atom stereocenters. The maximum absolute atomic E-state index is 12.6. The molecule has 134 valence electrons. The van der Waals surface area contributed by atoms with Crippen LogP contribution in [0, 0.1) is 0 Å². The zero-order valence-electron chi connectivity index (χ0n) is 14.8. The van der Waals surface area contributed by atoms with Gasteiger partial charge in [-0.2, -0.15) is 0 Å². The molecule has 1 amide bonds. The highest BCUT2D eigenvalue weighted by molar-refractivity contribution is 6.04. The van der Waals surface area contributed by atoms with Gasteiger partial charge in [-0.1, -0.05) is 0 Å². The molecular formula is C19H21N5O2. The molecule has 26 heavy (non-hydrogen) atoms. The van der Waals surface area contributed by atoms with Gasteiger partial charge in [0.15, 0.2) is 5.65 Å². The third-order valence-corrected chi connectivity index (χ3v) is 4.80. The van der Waals surface area contributed by atoms with Gasteiger partial charge in [-0.15, -0.1) is 10.2 Å². The summed E-state index contributed by atoms with van der Waals surface area (Å²) in [6, 6.07) is 10.9. The molecule has 1 aromatic carbocycles. The van der Waals surface area contributed by atoms with E-state index >= 15 is 0 Å². The number of carbonyl (C=O) groups is 1. The Bertz CT molecular complexity index is 935. The van der Waals surface area contributed by atoms with E-state index in [1.54, 1.807) is 13.2 Å². The lowest BCUT2D eigenvalue weighted by Crippen LogP contribution is -2.15. The highest BCUT2D eigenvalue weighted by Gasteiger charge is 2.25. The number of likely N-dealkylation sites (tertiary alicyclic amines) is 1. The lowest BCUT2D eigenvalue weighted by Gasteiger charge is -2.10. The second-order valence-corrected chi connectivity index (χ2v) is 6.63. The number of hydrogen-bond acceptors (Lipinski definition) is 5. The Morgan fingerprint density at radius 2 is 2.00 bits per heavy atom. The summed E-state index contributed by atoms with van der Waals surface area (Å²) in [7, 11) is 3.72. The smallest absolute Gasteiger partial charge is 0.257 e. The molecule has 0 radical (unpaired) electrons. The van der Waals surface area contributed by atoms with Crippen LogP contribution in [0.4, 0.5) is 5.69 Å². The quantitative estimate of drug-likeness (QED) is 0.781. The SMILES string of the molecule is COc1ccc(NC(=O)c2ccc3nnc([C@@H]4CCN(C)C4)n3c2)cc1. The fourth-order valence-electron chi connectivity index (χ4n) is 3.34. The first-order valence-electron chi connectivity index (χ1n) is 8.62. The van der Waals surface area contributed by atoms with Crippen LogP contribution in [0.15, 0.2) is 42.6 Å². The zero-order valence-corrected chi connectivity index (χ0v) is 14.8. The summed E-state index contributed by atoms with van der Waals surface area (Å²) in [5.74, 6) is 1.85. The van der Waals surface area contributed by atoms with Gasteiger partial charge < -0.3 is 15.0 Å². The number of ether oxygens (including phenoxy) is 1. The van der Waals surface area contributed by atoms with Crippen molar-refractivity contribution >= 4 is 17.2 Å². The second-order valence-electron chi connectivity index (χ2n) is 6.63. The summed E-state index contributed by atoms with van der Waals surface area (Å²) < 4.78 is 7.07. The molecule has 1 aliphatic rings. The van der Waals surface area contributed by atoms with Crippen molar-refractivity contribution < 1.29 is 9.53 Å². The number of nitrogens with zero attached hydrogens (tertiary/aromatic N) is 4. The Morgan fingerprint density at radius 3 is 2.69 bits per heavy atom. The maximum Gasteiger partial charge on any atom is 0.257 e. The molecule has 4 rings (SSSR count). The van der Waals surface area contributed by atoms with Crippen LogP contribution < -0.4 is 10.1 Å². The van der Waals surface area contributed by atoms with E-state index in [9.17, 15) is 4.79 Å². The van der Waals surface area contributed by atoms with Gasteiger partial charge in [0.25, 0.3) is 5.91 Å². The summed E-state index contributed by atoms with van der Waals surface area (Å²) in [6.07, 6.45) is 2.88. The monoisotopic (exact) mass is 351 g/mol. The van der Waals surface area contributed by atoms with Gasteiger partial charge in [0.2, 0.25) is 0 Å². The summed E-state index contributed by atoms with van der Waals surface area (Å²) in [5, 5.41) is 11.5. The zero-order chi connectivity index (χ0) is 18.1. The van der Waals surface area contributed by atoms with Crippen molar-refractivity contribution in [2.45, 2.75) is 12.3 Å². The van der Waals surface area contributed by atoms with Gasteiger partial charge in [0.05, 0.1) is 12.7 Å². The van der Waals surface area contributed by atoms with Gasteiger partial charge in [-0.25, -0.2) is 0 Å². The largest absolute Gasteiger partial charge is 0.497 e. The molecule has 2 aromatic heterocycles. The Hall–Kier alpha value is -2.93. The molecule has 7 nitrogen and oxygen atoms in total. The average molecular weight is 351 g/mol. The molecular weight excluding hydrogens is 330 g/mol. The molecule has 3 heterocycles. The average Bonchev–Trinajstić information content (AvgIpc) is 3.27. The fourth-order valence-corrected chi connectivity index (χ4v) is 3.34. The molecule has 0 saturated carbocycles. The van der Waals surface area contributed by atoms with Crippen LogP contribution in [0.25, 0.3) is 5.65 Å². The van der Waals surface area contributed by atoms with Crippen molar-refractivity contribution in [3.8, 4) is 5.75 Å². The molecule has 7 heteroatoms. The van der Waals surface area contributed by atoms with Crippen molar-refractivity contribution in [2.24, 2.45) is 0 Å². The number of carbonyl (C=O) groups excluding carboxylic acids is 1. The number of aromatic nitrogens is 3. The molecule has 0 bridgehead atoms. The van der Waals surface area contributed by atoms with E-state index in [2.05, 4.69) is 27.5 Å². The van der Waals surface area contributed by atoms with Crippen molar-refractivity contribution in [3.63, 3.8) is 0 Å². The summed E-state index contributed by atoms with van der Waals surface area (Å²) >= 11 is 0. The number of likely N-dealkylation sites (N-methyl/N-ethyl adjacent to an activating group) is 1. The third-order valence-electron chi connectivity index (χ3n) is 4.80. The Kier molecular flexibility index (Phi) is 4.30. The Labute approximate surface area is 151 Å². The summed E-state index contributed by atoms with van der Waals surface area (Å²) in [6.45, 7) is 2.01. The Morgan fingerprint density at radius 1 is 1.19 bits per heavy atom. The molecule has 0 spiro atoms. The van der Waals surface area contributed by atoms with Crippen molar-refractivity contribution in [1.82, 2.24) is 19.5 Å². The molecule has 1 aliphatic heterocycles. The lowest BCUT2D eigenvalue weighted by molar-refractivity contribution is 0.102. The number of benzene rings is 1. The number of pyridine rings is 1. The number of nitrogens with one attached hydrogen (secondary N) is 1. The van der Waals surface area contributed by atoms with Crippen LogP contribution in [0.1, 0.15) is 28.5 Å². The first-order chi connectivity index (χ1) is 12.6. The van der Waals surface area contributed by atoms with Gasteiger partial charge in [-0.05, 0) is 56.4 Å². The predicted molar refractivity (Wildman–Crippen MR) is 98.8 cm³/mol. The number of amides is 1. The lowest BCUT2D eigenvalue weighted by atomic mass is 10.1. The topological polar surface area (TPSA) is 71.8 Å². The maximum atomic E-state index is 12.6. The van der Waals surface area contributed by atoms with E-state index in [1.807, 2.05) is 40.9 Å². The van der Waals surface area contributed by atoms with Crippen LogP contribution in [0.3, 0.4) is 0 Å². The number of rotatable bonds is 4. The van der Waals surface area contributed by atoms with Crippen LogP contribution in [0.2, 0.25) is 0 Å². The molecule has 1 saturated heterocycles. The van der Waals surface area contributed by atoms with Crippen molar-refractivity contribution in [3.05, 3.63) is 54.0 Å². The van der Waals surface area contributed by atoms with Crippen LogP contribution >= 0.6 is 0 Å². The number of anilines is 1. The first-order valence-corrected chi connectivity index (χ1v) is 8.62. The highest BCUT2D eigenvalue weighted by Crippen LogP contribution is 2.25. The van der Waals surface area contributed by atoms with E-state index in [4.69, 9.17) is 4.74 Å². The fraction of sp³-hybridized carbons (Fsp3) is 0.316. The van der Waals surface area contributed by atoms with Gasteiger partial charge in [0, 0.05) is 24.3 Å². The van der Waals surface area contributed by atoms with Crippen LogP contribution in [-0.4, -0.2) is 52.7 Å². The number of fused-ring (bicyclic) bond motifs is 1. The van der Waals surface area contributed by atoms with Gasteiger partial charge in [-0.3, -0.25) is 9.20 Å². The van der Waals surface area contributed by atoms with E-state index in [0.29, 0.717) is 11.5 Å². The molecule has 0 unspecified atom stereocenters. The first kappa shape index (κ1) is 16.5. The van der Waals surface area contributed by atoms with Gasteiger partial charge >= 0.3 is 0 Å². The van der Waals surface area contributed by atoms with E-state index in [0.717, 1.165) is 42.4 Å². The minimum atomic E-state index is -0.166. The Balaban J connectivity index is 1.58. The molecule has 1 fully saturated rings. The van der Waals surface area contributed by atoms with Crippen molar-refractivity contribution in [1.29, 1.82) is 0 Å². The van der Waals surface area contributed by atoms with Crippen LogP contribution in [-0.2, 0) is 0 Å². The van der Waals surface area contributed by atoms with Gasteiger partial charge in [0.1, 0.15) is 11.6 Å². The molecule has 1 N–H and O–H groups in total. The highest BCUT2D eigenvalue weighted by atomic mass is 16.5. The minimum absolute atomic E-state index is 0.166. The molecule has 0 aliphatic carbocycles.